The normalized spacial score (nSPS) is 20.1. The number of rotatable bonds is 11. The van der Waals surface area contributed by atoms with E-state index in [1.807, 2.05) is 13.8 Å². The topological polar surface area (TPSA) is 97.1 Å². The molecule has 8 nitrogen and oxygen atoms in total. The lowest BCUT2D eigenvalue weighted by Gasteiger charge is -2.25. The van der Waals surface area contributed by atoms with Crippen molar-refractivity contribution in [2.45, 2.75) is 58.2 Å². The third kappa shape index (κ3) is 5.79. The summed E-state index contributed by atoms with van der Waals surface area (Å²) in [6, 6.07) is 17.2. The lowest BCUT2D eigenvalue weighted by Crippen LogP contribution is -2.32. The monoisotopic (exact) mass is 573 g/mol. The SMILES string of the molecule is CCOc1cc(CN2CC[C@H]3C(Nc4nc5cc(CC(=O)O)ccc5o4)CC[C@H]32)cc(OCC)c1-c1ccc(F)cc1. The van der Waals surface area contributed by atoms with Crippen LogP contribution in [0.2, 0.25) is 0 Å². The summed E-state index contributed by atoms with van der Waals surface area (Å²) in [5.74, 6) is 0.813. The number of benzene rings is 3. The molecular formula is C33H36FN3O5. The summed E-state index contributed by atoms with van der Waals surface area (Å²) in [6.07, 6.45) is 3.14. The molecule has 2 heterocycles. The Hall–Kier alpha value is -4.11. The zero-order valence-electron chi connectivity index (χ0n) is 23.9. The van der Waals surface area contributed by atoms with Crippen molar-refractivity contribution in [1.82, 2.24) is 9.88 Å². The van der Waals surface area contributed by atoms with Gasteiger partial charge in [-0.1, -0.05) is 18.2 Å². The van der Waals surface area contributed by atoms with Crippen LogP contribution in [0.25, 0.3) is 22.2 Å². The van der Waals surface area contributed by atoms with Crippen molar-refractivity contribution in [3.8, 4) is 22.6 Å². The molecule has 0 spiro atoms. The zero-order valence-corrected chi connectivity index (χ0v) is 23.9. The first-order chi connectivity index (χ1) is 20.4. The summed E-state index contributed by atoms with van der Waals surface area (Å²) in [4.78, 5) is 18.2. The molecular weight excluding hydrogens is 537 g/mol. The van der Waals surface area contributed by atoms with Crippen molar-refractivity contribution in [3.63, 3.8) is 0 Å². The number of ether oxygens (including phenoxy) is 2. The molecule has 42 heavy (non-hydrogen) atoms. The van der Waals surface area contributed by atoms with Gasteiger partial charge in [-0.2, -0.15) is 4.98 Å². The number of carboxylic acid groups (broad SMARTS) is 1. The highest BCUT2D eigenvalue weighted by Gasteiger charge is 2.44. The van der Waals surface area contributed by atoms with Crippen LogP contribution in [-0.4, -0.2) is 52.8 Å². The van der Waals surface area contributed by atoms with Gasteiger partial charge < -0.3 is 24.3 Å². The van der Waals surface area contributed by atoms with E-state index in [1.165, 1.54) is 12.1 Å². The van der Waals surface area contributed by atoms with Gasteiger partial charge >= 0.3 is 5.97 Å². The number of oxazole rings is 1. The Bertz CT molecular complexity index is 1540. The van der Waals surface area contributed by atoms with Crippen molar-refractivity contribution in [2.24, 2.45) is 5.92 Å². The van der Waals surface area contributed by atoms with Crippen molar-refractivity contribution in [1.29, 1.82) is 0 Å². The van der Waals surface area contributed by atoms with Crippen molar-refractivity contribution >= 4 is 23.1 Å². The molecule has 2 N–H and O–H groups in total. The predicted octanol–water partition coefficient (Wildman–Crippen LogP) is 6.52. The van der Waals surface area contributed by atoms with Crippen LogP contribution in [0.4, 0.5) is 10.4 Å². The van der Waals surface area contributed by atoms with Gasteiger partial charge in [-0.05, 0) is 98.7 Å². The molecule has 2 fully saturated rings. The Kier molecular flexibility index (Phi) is 8.02. The molecule has 1 aliphatic heterocycles. The van der Waals surface area contributed by atoms with E-state index >= 15 is 0 Å². The van der Waals surface area contributed by atoms with Gasteiger partial charge in [-0.15, -0.1) is 0 Å². The molecule has 6 rings (SSSR count). The molecule has 4 aromatic rings. The van der Waals surface area contributed by atoms with E-state index in [4.69, 9.17) is 19.0 Å². The van der Waals surface area contributed by atoms with Gasteiger partial charge in [0.1, 0.15) is 22.8 Å². The molecule has 1 saturated carbocycles. The average molecular weight is 574 g/mol. The number of hydrogen-bond acceptors (Lipinski definition) is 7. The maximum absolute atomic E-state index is 13.6. The minimum absolute atomic E-state index is 0.0408. The minimum Gasteiger partial charge on any atom is -0.493 e. The molecule has 220 valence electrons. The highest BCUT2D eigenvalue weighted by Crippen LogP contribution is 2.43. The van der Waals surface area contributed by atoms with Crippen molar-refractivity contribution in [3.05, 3.63) is 71.5 Å². The van der Waals surface area contributed by atoms with Gasteiger partial charge in [0.25, 0.3) is 6.01 Å². The fourth-order valence-electron chi connectivity index (χ4n) is 6.64. The standard InChI is InChI=1S/C33H36FN3O5/c1-3-40-29-16-21(17-30(41-4-2)32(29)22-6-8-23(34)9-7-22)19-37-14-13-24-25(10-11-27(24)37)35-33-36-26-15-20(18-31(38)39)5-12-28(26)42-33/h5-9,12,15-17,24-25,27H,3-4,10-11,13-14,18-19H2,1-2H3,(H,35,36)(H,38,39)/t24-,25?,27+/m0/s1. The molecule has 2 aliphatic rings. The van der Waals surface area contributed by atoms with Crippen LogP contribution in [0, 0.1) is 11.7 Å². The number of nitrogens with zero attached hydrogens (tertiary/aromatic N) is 2. The Morgan fingerprint density at radius 3 is 2.45 bits per heavy atom. The number of carbonyl (C=O) groups is 1. The van der Waals surface area contributed by atoms with Gasteiger partial charge in [0.2, 0.25) is 0 Å². The maximum Gasteiger partial charge on any atom is 0.307 e. The Balaban J connectivity index is 1.18. The maximum atomic E-state index is 13.6. The van der Waals surface area contributed by atoms with Gasteiger partial charge in [0.05, 0.1) is 25.2 Å². The summed E-state index contributed by atoms with van der Waals surface area (Å²) in [5, 5.41) is 12.6. The molecule has 0 bridgehead atoms. The fraction of sp³-hybridized carbons (Fsp3) is 0.394. The van der Waals surface area contributed by atoms with Crippen LogP contribution >= 0.6 is 0 Å². The quantitative estimate of drug-likeness (QED) is 0.209. The van der Waals surface area contributed by atoms with Crippen molar-refractivity contribution < 1.29 is 28.2 Å². The second-order valence-corrected chi connectivity index (χ2v) is 11.1. The Morgan fingerprint density at radius 2 is 1.76 bits per heavy atom. The lowest BCUT2D eigenvalue weighted by atomic mass is 9.99. The average Bonchev–Trinajstić information content (AvgIpc) is 3.66. The number of hydrogen-bond donors (Lipinski definition) is 2. The smallest absolute Gasteiger partial charge is 0.307 e. The first kappa shape index (κ1) is 28.0. The first-order valence-electron chi connectivity index (χ1n) is 14.7. The van der Waals surface area contributed by atoms with E-state index in [0.717, 1.165) is 60.5 Å². The van der Waals surface area contributed by atoms with Crippen LogP contribution in [0.1, 0.15) is 44.2 Å². The van der Waals surface area contributed by atoms with E-state index in [2.05, 4.69) is 27.3 Å². The third-order valence-corrected chi connectivity index (χ3v) is 8.36. The molecule has 1 unspecified atom stereocenters. The first-order valence-corrected chi connectivity index (χ1v) is 14.7. The number of nitrogens with one attached hydrogen (secondary N) is 1. The molecule has 0 radical (unpaired) electrons. The second-order valence-electron chi connectivity index (χ2n) is 11.1. The highest BCUT2D eigenvalue weighted by molar-refractivity contribution is 5.79. The van der Waals surface area contributed by atoms with Gasteiger partial charge in [-0.25, -0.2) is 4.39 Å². The Morgan fingerprint density at radius 1 is 1.02 bits per heavy atom. The number of anilines is 1. The van der Waals surface area contributed by atoms with E-state index in [1.54, 1.807) is 30.3 Å². The zero-order chi connectivity index (χ0) is 29.2. The van der Waals surface area contributed by atoms with Crippen LogP contribution in [0.3, 0.4) is 0 Å². The highest BCUT2D eigenvalue weighted by atomic mass is 19.1. The van der Waals surface area contributed by atoms with E-state index in [-0.39, 0.29) is 18.3 Å². The molecule has 3 aromatic carbocycles. The van der Waals surface area contributed by atoms with Gasteiger partial charge in [0, 0.05) is 18.6 Å². The molecule has 1 aromatic heterocycles. The number of aliphatic carboxylic acids is 1. The minimum atomic E-state index is -0.869. The molecule has 1 aliphatic carbocycles. The number of carboxylic acids is 1. The molecule has 0 amide bonds. The predicted molar refractivity (Wildman–Crippen MR) is 158 cm³/mol. The van der Waals surface area contributed by atoms with Crippen LogP contribution < -0.4 is 14.8 Å². The largest absolute Gasteiger partial charge is 0.493 e. The number of halogens is 1. The molecule has 9 heteroatoms. The van der Waals surface area contributed by atoms with E-state index in [9.17, 15) is 9.18 Å². The summed E-state index contributed by atoms with van der Waals surface area (Å²) in [6.45, 7) is 6.73. The van der Waals surface area contributed by atoms with E-state index < -0.39 is 5.97 Å². The second kappa shape index (κ2) is 12.0. The third-order valence-electron chi connectivity index (χ3n) is 8.36. The van der Waals surface area contributed by atoms with Crippen molar-refractivity contribution in [2.75, 3.05) is 25.1 Å². The van der Waals surface area contributed by atoms with Gasteiger partial charge in [-0.3, -0.25) is 9.69 Å². The summed E-state index contributed by atoms with van der Waals surface area (Å²) in [5.41, 5.74) is 4.85. The Labute approximate surface area is 244 Å². The van der Waals surface area contributed by atoms with Crippen LogP contribution in [-0.2, 0) is 17.8 Å². The van der Waals surface area contributed by atoms with Gasteiger partial charge in [0.15, 0.2) is 5.58 Å². The number of aromatic nitrogens is 1. The summed E-state index contributed by atoms with van der Waals surface area (Å²) < 4.78 is 31.8. The number of likely N-dealkylation sites (tertiary alicyclic amines) is 1. The van der Waals surface area contributed by atoms with Crippen LogP contribution in [0.15, 0.2) is 59.0 Å². The fourth-order valence-corrected chi connectivity index (χ4v) is 6.64. The molecule has 1 saturated heterocycles. The summed E-state index contributed by atoms with van der Waals surface area (Å²) >= 11 is 0. The summed E-state index contributed by atoms with van der Waals surface area (Å²) in [7, 11) is 0. The van der Waals surface area contributed by atoms with E-state index in [0.29, 0.717) is 47.9 Å². The lowest BCUT2D eigenvalue weighted by molar-refractivity contribution is -0.136. The number of fused-ring (bicyclic) bond motifs is 2. The van der Waals surface area contributed by atoms with Crippen LogP contribution in [0.5, 0.6) is 11.5 Å². The molecule has 3 atom stereocenters.